The molecule has 13 heavy (non-hydrogen) atoms. The minimum absolute atomic E-state index is 0.307. The molecule has 0 aliphatic rings. The summed E-state index contributed by atoms with van der Waals surface area (Å²) < 4.78 is 24.5. The van der Waals surface area contributed by atoms with Gasteiger partial charge in [0.15, 0.2) is 0 Å². The SMILES string of the molecule is CCCC(C)S(=O)(=O)NC(=O)CN. The number of hydrogen-bond acceptors (Lipinski definition) is 4. The summed E-state index contributed by atoms with van der Waals surface area (Å²) in [7, 11) is -3.51. The first-order chi connectivity index (χ1) is 5.94. The minimum Gasteiger partial charge on any atom is -0.322 e. The average molecular weight is 208 g/mol. The fourth-order valence-corrected chi connectivity index (χ4v) is 2.01. The molecule has 0 radical (unpaired) electrons. The van der Waals surface area contributed by atoms with E-state index in [0.29, 0.717) is 6.42 Å². The van der Waals surface area contributed by atoms with Crippen LogP contribution >= 0.6 is 0 Å². The summed E-state index contributed by atoms with van der Waals surface area (Å²) in [6.45, 7) is 3.14. The Morgan fingerprint density at radius 2 is 2.08 bits per heavy atom. The van der Waals surface area contributed by atoms with Crippen LogP contribution in [0, 0.1) is 0 Å². The maximum atomic E-state index is 11.3. The Morgan fingerprint density at radius 3 is 2.46 bits per heavy atom. The monoisotopic (exact) mass is 208 g/mol. The summed E-state index contributed by atoms with van der Waals surface area (Å²) in [6.07, 6.45) is 1.30. The summed E-state index contributed by atoms with van der Waals surface area (Å²) in [5.74, 6) is -0.664. The molecule has 3 N–H and O–H groups in total. The van der Waals surface area contributed by atoms with Crippen molar-refractivity contribution in [3.63, 3.8) is 0 Å². The minimum atomic E-state index is -3.51. The van der Waals surface area contributed by atoms with Crippen LogP contribution in [0.4, 0.5) is 0 Å². The summed E-state index contributed by atoms with van der Waals surface area (Å²) in [5, 5.41) is -0.548. The van der Waals surface area contributed by atoms with E-state index in [0.717, 1.165) is 6.42 Å². The molecule has 1 unspecified atom stereocenters. The molecule has 0 saturated heterocycles. The van der Waals surface area contributed by atoms with Gasteiger partial charge in [-0.15, -0.1) is 0 Å². The highest BCUT2D eigenvalue weighted by molar-refractivity contribution is 7.90. The first-order valence-corrected chi connectivity index (χ1v) is 5.73. The molecule has 1 amide bonds. The van der Waals surface area contributed by atoms with Gasteiger partial charge in [0.1, 0.15) is 0 Å². The molecule has 0 aliphatic carbocycles. The van der Waals surface area contributed by atoms with E-state index in [2.05, 4.69) is 0 Å². The highest BCUT2D eigenvalue weighted by Crippen LogP contribution is 2.05. The Hall–Kier alpha value is -0.620. The van der Waals surface area contributed by atoms with Crippen LogP contribution < -0.4 is 10.5 Å². The van der Waals surface area contributed by atoms with Crippen molar-refractivity contribution >= 4 is 15.9 Å². The number of amides is 1. The Labute approximate surface area is 78.7 Å². The fraction of sp³-hybridized carbons (Fsp3) is 0.857. The molecule has 0 aromatic carbocycles. The molecular weight excluding hydrogens is 192 g/mol. The van der Waals surface area contributed by atoms with Crippen LogP contribution in [0.3, 0.4) is 0 Å². The predicted molar refractivity (Wildman–Crippen MR) is 50.5 cm³/mol. The van der Waals surface area contributed by atoms with Gasteiger partial charge in [-0.1, -0.05) is 13.3 Å². The van der Waals surface area contributed by atoms with Crippen molar-refractivity contribution in [1.82, 2.24) is 4.72 Å². The molecule has 0 saturated carbocycles. The fourth-order valence-electron chi connectivity index (χ4n) is 0.863. The molecule has 0 heterocycles. The molecular formula is C7H16N2O3S. The average Bonchev–Trinajstić information content (AvgIpc) is 2.04. The number of nitrogens with two attached hydrogens (primary N) is 1. The van der Waals surface area contributed by atoms with Crippen molar-refractivity contribution in [3.8, 4) is 0 Å². The lowest BCUT2D eigenvalue weighted by atomic mass is 10.3. The van der Waals surface area contributed by atoms with E-state index in [9.17, 15) is 13.2 Å². The van der Waals surface area contributed by atoms with E-state index < -0.39 is 21.2 Å². The van der Waals surface area contributed by atoms with Gasteiger partial charge in [-0.05, 0) is 13.3 Å². The molecule has 0 rings (SSSR count). The Kier molecular flexibility index (Phi) is 4.94. The van der Waals surface area contributed by atoms with Crippen LogP contribution in [0.2, 0.25) is 0 Å². The van der Waals surface area contributed by atoms with Crippen molar-refractivity contribution in [2.24, 2.45) is 5.73 Å². The van der Waals surface area contributed by atoms with Gasteiger partial charge in [0.25, 0.3) is 0 Å². The van der Waals surface area contributed by atoms with Crippen molar-refractivity contribution in [3.05, 3.63) is 0 Å². The Bertz CT molecular complexity index is 261. The van der Waals surface area contributed by atoms with E-state index >= 15 is 0 Å². The van der Waals surface area contributed by atoms with Crippen molar-refractivity contribution in [1.29, 1.82) is 0 Å². The molecule has 0 bridgehead atoms. The van der Waals surface area contributed by atoms with E-state index in [1.807, 2.05) is 11.6 Å². The largest absolute Gasteiger partial charge is 0.322 e. The maximum absolute atomic E-state index is 11.3. The third kappa shape index (κ3) is 4.23. The summed E-state index contributed by atoms with van der Waals surface area (Å²) in [5.41, 5.74) is 4.98. The second kappa shape index (κ2) is 5.18. The van der Waals surface area contributed by atoms with Crippen LogP contribution in [0.15, 0.2) is 0 Å². The highest BCUT2D eigenvalue weighted by atomic mass is 32.2. The van der Waals surface area contributed by atoms with Gasteiger partial charge < -0.3 is 5.73 Å². The standard InChI is InChI=1S/C7H16N2O3S/c1-3-4-6(2)13(11,12)9-7(10)5-8/h6H,3-5,8H2,1-2H3,(H,9,10). The van der Waals surface area contributed by atoms with Gasteiger partial charge in [0.2, 0.25) is 15.9 Å². The number of rotatable bonds is 5. The lowest BCUT2D eigenvalue weighted by Crippen LogP contribution is -2.40. The van der Waals surface area contributed by atoms with E-state index in [1.54, 1.807) is 6.92 Å². The zero-order valence-electron chi connectivity index (χ0n) is 7.91. The normalized spacial score (nSPS) is 13.8. The zero-order valence-corrected chi connectivity index (χ0v) is 8.73. The zero-order chi connectivity index (χ0) is 10.5. The van der Waals surface area contributed by atoms with Gasteiger partial charge in [0, 0.05) is 0 Å². The van der Waals surface area contributed by atoms with Crippen LogP contribution in [0.25, 0.3) is 0 Å². The van der Waals surface area contributed by atoms with Crippen molar-refractivity contribution < 1.29 is 13.2 Å². The maximum Gasteiger partial charge on any atom is 0.247 e. The third-order valence-corrected chi connectivity index (χ3v) is 3.47. The smallest absolute Gasteiger partial charge is 0.247 e. The molecule has 0 aliphatic heterocycles. The first-order valence-electron chi connectivity index (χ1n) is 4.18. The summed E-state index contributed by atoms with van der Waals surface area (Å²) in [4.78, 5) is 10.7. The highest BCUT2D eigenvalue weighted by Gasteiger charge is 2.21. The molecule has 0 spiro atoms. The number of carbonyl (C=O) groups is 1. The predicted octanol–water partition coefficient (Wildman–Crippen LogP) is -0.420. The first kappa shape index (κ1) is 12.4. The number of hydrogen-bond donors (Lipinski definition) is 2. The lowest BCUT2D eigenvalue weighted by Gasteiger charge is -2.11. The topological polar surface area (TPSA) is 89.3 Å². The van der Waals surface area contributed by atoms with Crippen molar-refractivity contribution in [2.45, 2.75) is 31.9 Å². The third-order valence-electron chi connectivity index (χ3n) is 1.67. The second-order valence-corrected chi connectivity index (χ2v) is 4.97. The molecule has 1 atom stereocenters. The molecule has 78 valence electrons. The van der Waals surface area contributed by atoms with Crippen LogP contribution in [0.1, 0.15) is 26.7 Å². The molecule has 5 nitrogen and oxygen atoms in total. The van der Waals surface area contributed by atoms with E-state index in [-0.39, 0.29) is 6.54 Å². The van der Waals surface area contributed by atoms with Gasteiger partial charge >= 0.3 is 0 Å². The Balaban J connectivity index is 4.31. The van der Waals surface area contributed by atoms with Crippen LogP contribution in [-0.4, -0.2) is 26.1 Å². The van der Waals surface area contributed by atoms with E-state index in [4.69, 9.17) is 5.73 Å². The summed E-state index contributed by atoms with van der Waals surface area (Å²) in [6, 6.07) is 0. The van der Waals surface area contributed by atoms with Crippen LogP contribution in [-0.2, 0) is 14.8 Å². The van der Waals surface area contributed by atoms with Gasteiger partial charge in [-0.2, -0.15) is 0 Å². The van der Waals surface area contributed by atoms with Gasteiger partial charge in [-0.3, -0.25) is 9.52 Å². The molecule has 0 aromatic heterocycles. The quantitative estimate of drug-likeness (QED) is 0.642. The molecule has 6 heteroatoms. The molecule has 0 fully saturated rings. The Morgan fingerprint density at radius 1 is 1.54 bits per heavy atom. The summed E-state index contributed by atoms with van der Waals surface area (Å²) >= 11 is 0. The number of carbonyl (C=O) groups excluding carboxylic acids is 1. The lowest BCUT2D eigenvalue weighted by molar-refractivity contribution is -0.118. The molecule has 0 aromatic rings. The van der Waals surface area contributed by atoms with Gasteiger partial charge in [-0.25, -0.2) is 8.42 Å². The number of nitrogens with one attached hydrogen (secondary N) is 1. The van der Waals surface area contributed by atoms with Crippen molar-refractivity contribution in [2.75, 3.05) is 6.54 Å². The van der Waals surface area contributed by atoms with Crippen LogP contribution in [0.5, 0.6) is 0 Å². The van der Waals surface area contributed by atoms with E-state index in [1.165, 1.54) is 0 Å². The van der Waals surface area contributed by atoms with Gasteiger partial charge in [0.05, 0.1) is 11.8 Å². The number of sulfonamides is 1. The second-order valence-electron chi connectivity index (χ2n) is 2.87.